The van der Waals surface area contributed by atoms with Crippen LogP contribution in [0, 0.1) is 5.92 Å². The normalized spacial score (nSPS) is 24.7. The fourth-order valence-corrected chi connectivity index (χ4v) is 4.99. The summed E-state index contributed by atoms with van der Waals surface area (Å²) in [4.78, 5) is 0.368. The zero-order valence-electron chi connectivity index (χ0n) is 13.2. The number of piperidine rings is 1. The molecule has 1 aromatic heterocycles. The van der Waals surface area contributed by atoms with Crippen molar-refractivity contribution in [2.75, 3.05) is 6.54 Å². The van der Waals surface area contributed by atoms with Crippen molar-refractivity contribution in [2.45, 2.75) is 63.4 Å². The molecule has 2 heterocycles. The predicted octanol–water partition coefficient (Wildman–Crippen LogP) is 3.62. The second kappa shape index (κ2) is 6.31. The van der Waals surface area contributed by atoms with Crippen molar-refractivity contribution in [1.82, 2.24) is 8.87 Å². The van der Waals surface area contributed by atoms with Crippen molar-refractivity contribution >= 4 is 21.6 Å². The predicted molar refractivity (Wildman–Crippen MR) is 86.1 cm³/mol. The molecule has 2 rings (SSSR count). The minimum absolute atomic E-state index is 0.0630. The summed E-state index contributed by atoms with van der Waals surface area (Å²) in [6.45, 7) is 8.76. The third kappa shape index (κ3) is 3.30. The van der Waals surface area contributed by atoms with Crippen molar-refractivity contribution in [3.63, 3.8) is 0 Å². The van der Waals surface area contributed by atoms with E-state index >= 15 is 0 Å². The molecule has 0 amide bonds. The van der Waals surface area contributed by atoms with Gasteiger partial charge in [0, 0.05) is 30.5 Å². The van der Waals surface area contributed by atoms with Crippen molar-refractivity contribution in [3.05, 3.63) is 18.0 Å². The highest BCUT2D eigenvalue weighted by Gasteiger charge is 2.34. The molecule has 2 atom stereocenters. The monoisotopic (exact) mass is 332 g/mol. The maximum Gasteiger partial charge on any atom is 0.244 e. The fraction of sp³-hybridized carbons (Fsp3) is 0.733. The standard InChI is InChI=1S/C15H25ClN2O2S/c1-11(2)17-10-15(7-14(17)8-16)21(19,20)18-9-12(3)5-6-13(18)4/h7,10-13H,5-6,8-9H2,1-4H3. The van der Waals surface area contributed by atoms with Gasteiger partial charge >= 0.3 is 0 Å². The van der Waals surface area contributed by atoms with Gasteiger partial charge in [0.15, 0.2) is 0 Å². The quantitative estimate of drug-likeness (QED) is 0.790. The van der Waals surface area contributed by atoms with Crippen LogP contribution in [0.5, 0.6) is 0 Å². The van der Waals surface area contributed by atoms with Crippen LogP contribution in [0.1, 0.15) is 52.3 Å². The Morgan fingerprint density at radius 2 is 2.00 bits per heavy atom. The molecule has 21 heavy (non-hydrogen) atoms. The average Bonchev–Trinajstić information content (AvgIpc) is 2.86. The van der Waals surface area contributed by atoms with Crippen LogP contribution < -0.4 is 0 Å². The van der Waals surface area contributed by atoms with Crippen molar-refractivity contribution in [1.29, 1.82) is 0 Å². The first-order chi connectivity index (χ1) is 9.77. The first-order valence-electron chi connectivity index (χ1n) is 7.56. The third-order valence-electron chi connectivity index (χ3n) is 4.27. The van der Waals surface area contributed by atoms with E-state index in [0.717, 1.165) is 18.5 Å². The van der Waals surface area contributed by atoms with Crippen LogP contribution in [0.3, 0.4) is 0 Å². The highest BCUT2D eigenvalue weighted by molar-refractivity contribution is 7.89. The fourth-order valence-electron chi connectivity index (χ4n) is 2.94. The molecule has 0 N–H and O–H groups in total. The van der Waals surface area contributed by atoms with Gasteiger partial charge in [-0.05, 0) is 45.6 Å². The van der Waals surface area contributed by atoms with Gasteiger partial charge in [0.2, 0.25) is 10.0 Å². The molecule has 1 aromatic rings. The SMILES string of the molecule is CC1CCC(C)N(S(=O)(=O)c2cc(CCl)n(C(C)C)c2)C1. The van der Waals surface area contributed by atoms with Crippen LogP contribution in [0.4, 0.5) is 0 Å². The summed E-state index contributed by atoms with van der Waals surface area (Å²) in [7, 11) is -3.44. The molecular weight excluding hydrogens is 308 g/mol. The van der Waals surface area contributed by atoms with E-state index in [1.807, 2.05) is 25.3 Å². The van der Waals surface area contributed by atoms with Crippen LogP contribution in [-0.4, -0.2) is 29.9 Å². The van der Waals surface area contributed by atoms with Gasteiger partial charge < -0.3 is 4.57 Å². The van der Waals surface area contributed by atoms with Crippen molar-refractivity contribution in [3.8, 4) is 0 Å². The Morgan fingerprint density at radius 3 is 2.52 bits per heavy atom. The number of alkyl halides is 1. The summed E-state index contributed by atoms with van der Waals surface area (Å²) in [6, 6.07) is 1.97. The first-order valence-corrected chi connectivity index (χ1v) is 9.53. The highest BCUT2D eigenvalue weighted by Crippen LogP contribution is 2.29. The molecule has 6 heteroatoms. The van der Waals surface area contributed by atoms with E-state index in [2.05, 4.69) is 6.92 Å². The van der Waals surface area contributed by atoms with Crippen molar-refractivity contribution in [2.24, 2.45) is 5.92 Å². The van der Waals surface area contributed by atoms with Crippen molar-refractivity contribution < 1.29 is 8.42 Å². The van der Waals surface area contributed by atoms with Gasteiger partial charge in [-0.2, -0.15) is 4.31 Å². The van der Waals surface area contributed by atoms with Crippen LogP contribution in [0.2, 0.25) is 0 Å². The molecule has 0 spiro atoms. The molecule has 0 bridgehead atoms. The molecule has 1 aliphatic rings. The number of nitrogens with zero attached hydrogens (tertiary/aromatic N) is 2. The lowest BCUT2D eigenvalue weighted by molar-refractivity contribution is 0.218. The van der Waals surface area contributed by atoms with E-state index < -0.39 is 10.0 Å². The summed E-state index contributed by atoms with van der Waals surface area (Å²) < 4.78 is 29.4. The maximum absolute atomic E-state index is 12.9. The van der Waals surface area contributed by atoms with Crippen LogP contribution in [-0.2, 0) is 15.9 Å². The van der Waals surface area contributed by atoms with Crippen LogP contribution >= 0.6 is 11.6 Å². The smallest absolute Gasteiger partial charge is 0.244 e. The van der Waals surface area contributed by atoms with E-state index in [9.17, 15) is 8.42 Å². The van der Waals surface area contributed by atoms with Gasteiger partial charge in [-0.3, -0.25) is 0 Å². The Bertz CT molecular complexity index is 595. The number of sulfonamides is 1. The number of hydrogen-bond acceptors (Lipinski definition) is 2. The molecule has 1 fully saturated rings. The van der Waals surface area contributed by atoms with E-state index in [1.165, 1.54) is 0 Å². The van der Waals surface area contributed by atoms with Gasteiger partial charge in [0.25, 0.3) is 0 Å². The van der Waals surface area contributed by atoms with Crippen LogP contribution in [0.15, 0.2) is 17.2 Å². The summed E-state index contributed by atoms with van der Waals surface area (Å²) in [5.74, 6) is 0.732. The highest BCUT2D eigenvalue weighted by atomic mass is 35.5. The molecule has 4 nitrogen and oxygen atoms in total. The maximum atomic E-state index is 12.9. The topological polar surface area (TPSA) is 42.3 Å². The summed E-state index contributed by atoms with van der Waals surface area (Å²) >= 11 is 5.95. The van der Waals surface area contributed by atoms with Gasteiger partial charge in [-0.1, -0.05) is 6.92 Å². The average molecular weight is 333 g/mol. The molecular formula is C15H25ClN2O2S. The molecule has 2 unspecified atom stereocenters. The summed E-state index contributed by atoms with van der Waals surface area (Å²) in [5, 5.41) is 0. The van der Waals surface area contributed by atoms with Gasteiger partial charge in [0.1, 0.15) is 4.90 Å². The van der Waals surface area contributed by atoms with Crippen LogP contribution in [0.25, 0.3) is 0 Å². The summed E-state index contributed by atoms with van der Waals surface area (Å²) in [6.07, 6.45) is 3.74. The molecule has 0 aliphatic carbocycles. The lowest BCUT2D eigenvalue weighted by Gasteiger charge is -2.35. The van der Waals surface area contributed by atoms with E-state index in [4.69, 9.17) is 11.6 Å². The Morgan fingerprint density at radius 1 is 1.33 bits per heavy atom. The number of halogens is 1. The zero-order chi connectivity index (χ0) is 15.8. The molecule has 0 aromatic carbocycles. The Labute approximate surface area is 133 Å². The minimum atomic E-state index is -3.44. The lowest BCUT2D eigenvalue weighted by Crippen LogP contribution is -2.44. The second-order valence-electron chi connectivity index (χ2n) is 6.41. The first kappa shape index (κ1) is 16.8. The Hall–Kier alpha value is -0.520. The molecule has 0 saturated carbocycles. The second-order valence-corrected chi connectivity index (χ2v) is 8.57. The van der Waals surface area contributed by atoms with E-state index in [0.29, 0.717) is 23.2 Å². The van der Waals surface area contributed by atoms with E-state index in [-0.39, 0.29) is 12.1 Å². The van der Waals surface area contributed by atoms with Gasteiger partial charge in [-0.15, -0.1) is 11.6 Å². The largest absolute Gasteiger partial charge is 0.346 e. The Kier molecular flexibility index (Phi) is 5.06. The number of aromatic nitrogens is 1. The molecule has 1 aliphatic heterocycles. The van der Waals surface area contributed by atoms with Gasteiger partial charge in [-0.25, -0.2) is 8.42 Å². The number of hydrogen-bond donors (Lipinski definition) is 0. The molecule has 120 valence electrons. The summed E-state index contributed by atoms with van der Waals surface area (Å²) in [5.41, 5.74) is 0.850. The third-order valence-corrected chi connectivity index (χ3v) is 6.49. The lowest BCUT2D eigenvalue weighted by atomic mass is 9.97. The zero-order valence-corrected chi connectivity index (χ0v) is 14.8. The van der Waals surface area contributed by atoms with Gasteiger partial charge in [0.05, 0.1) is 5.88 Å². The molecule has 1 saturated heterocycles. The number of rotatable bonds is 4. The Balaban J connectivity index is 2.39. The molecule has 0 radical (unpaired) electrons. The van der Waals surface area contributed by atoms with E-state index in [1.54, 1.807) is 16.6 Å². The minimum Gasteiger partial charge on any atom is -0.346 e.